The number of hydrogen-bond donors (Lipinski definition) is 1. The molecule has 0 heterocycles. The quantitative estimate of drug-likeness (QED) is 0.528. The van der Waals surface area contributed by atoms with Crippen LogP contribution in [-0.4, -0.2) is 39.3 Å². The van der Waals surface area contributed by atoms with Crippen molar-refractivity contribution in [3.8, 4) is 5.75 Å². The molecule has 0 saturated carbocycles. The molecule has 0 fully saturated rings. The number of ether oxygens (including phenoxy) is 1. The lowest BCUT2D eigenvalue weighted by molar-refractivity contribution is -0.122. The Morgan fingerprint density at radius 3 is 2.45 bits per heavy atom. The minimum Gasteiger partial charge on any atom is -0.491 e. The van der Waals surface area contributed by atoms with E-state index in [4.69, 9.17) is 4.74 Å². The Hall–Kier alpha value is -2.54. The van der Waals surface area contributed by atoms with Crippen molar-refractivity contribution in [2.45, 2.75) is 59.1 Å². The molecule has 170 valence electrons. The van der Waals surface area contributed by atoms with E-state index in [1.165, 1.54) is 4.31 Å². The van der Waals surface area contributed by atoms with Crippen LogP contribution in [0.5, 0.6) is 5.75 Å². The summed E-state index contributed by atoms with van der Waals surface area (Å²) in [6.07, 6.45) is 3.17. The molecule has 0 radical (unpaired) electrons. The van der Waals surface area contributed by atoms with Crippen molar-refractivity contribution in [1.82, 2.24) is 5.32 Å². The number of nitrogens with zero attached hydrogens (tertiary/aromatic N) is 1. The summed E-state index contributed by atoms with van der Waals surface area (Å²) in [6.45, 7) is 8.16. The molecule has 0 aliphatic heterocycles. The third-order valence-electron chi connectivity index (χ3n) is 4.80. The van der Waals surface area contributed by atoms with E-state index in [0.29, 0.717) is 18.7 Å². The summed E-state index contributed by atoms with van der Waals surface area (Å²) in [5.74, 6) is 0.552. The van der Waals surface area contributed by atoms with Gasteiger partial charge < -0.3 is 10.1 Å². The number of carbonyl (C=O) groups is 1. The maximum Gasteiger partial charge on any atom is 0.243 e. The molecule has 0 aromatic heterocycles. The highest BCUT2D eigenvalue weighted by Gasteiger charge is 2.31. The molecule has 31 heavy (non-hydrogen) atoms. The van der Waals surface area contributed by atoms with Crippen molar-refractivity contribution in [1.29, 1.82) is 0 Å². The molecule has 1 N–H and O–H groups in total. The fourth-order valence-corrected chi connectivity index (χ4v) is 4.70. The molecular formula is C24H34N2O4S. The van der Waals surface area contributed by atoms with E-state index in [0.717, 1.165) is 36.0 Å². The Labute approximate surface area is 186 Å². The summed E-state index contributed by atoms with van der Waals surface area (Å²) in [5, 5.41) is 2.91. The molecule has 2 aromatic rings. The summed E-state index contributed by atoms with van der Waals surface area (Å²) >= 11 is 0. The molecule has 7 heteroatoms. The largest absolute Gasteiger partial charge is 0.491 e. The van der Waals surface area contributed by atoms with Crippen LogP contribution >= 0.6 is 0 Å². The number of aryl methyl sites for hydroxylation is 2. The minimum absolute atomic E-state index is 0.117. The van der Waals surface area contributed by atoms with Crippen LogP contribution in [0.4, 0.5) is 5.69 Å². The van der Waals surface area contributed by atoms with Gasteiger partial charge in [0.1, 0.15) is 11.8 Å². The molecule has 0 spiro atoms. The predicted octanol–water partition coefficient (Wildman–Crippen LogP) is 4.08. The summed E-state index contributed by atoms with van der Waals surface area (Å²) in [4.78, 5) is 12.9. The minimum atomic E-state index is -3.62. The van der Waals surface area contributed by atoms with Crippen LogP contribution < -0.4 is 14.4 Å². The molecule has 2 rings (SSSR count). The van der Waals surface area contributed by atoms with Gasteiger partial charge in [-0.15, -0.1) is 0 Å². The maximum atomic E-state index is 12.9. The number of nitrogens with one attached hydrogen (secondary N) is 1. The van der Waals surface area contributed by atoms with Gasteiger partial charge in [-0.2, -0.15) is 0 Å². The number of amides is 1. The van der Waals surface area contributed by atoms with Crippen LogP contribution in [0.1, 0.15) is 44.7 Å². The lowest BCUT2D eigenvalue weighted by Crippen LogP contribution is -2.49. The Morgan fingerprint density at radius 2 is 1.84 bits per heavy atom. The van der Waals surface area contributed by atoms with Crippen LogP contribution in [0, 0.1) is 6.92 Å². The molecule has 1 amide bonds. The van der Waals surface area contributed by atoms with Gasteiger partial charge in [0.2, 0.25) is 15.9 Å². The Balaban J connectivity index is 2.00. The number of benzene rings is 2. The Bertz CT molecular complexity index is 973. The summed E-state index contributed by atoms with van der Waals surface area (Å²) in [7, 11) is -3.62. The van der Waals surface area contributed by atoms with E-state index in [-0.39, 0.29) is 12.0 Å². The smallest absolute Gasteiger partial charge is 0.243 e. The van der Waals surface area contributed by atoms with Gasteiger partial charge in [0, 0.05) is 6.54 Å². The fourth-order valence-electron chi connectivity index (χ4n) is 3.49. The van der Waals surface area contributed by atoms with Crippen molar-refractivity contribution in [3.05, 3.63) is 59.7 Å². The normalized spacial score (nSPS) is 12.5. The molecular weight excluding hydrogens is 412 g/mol. The first-order chi connectivity index (χ1) is 14.6. The molecule has 0 saturated heterocycles. The second kappa shape index (κ2) is 11.2. The zero-order chi connectivity index (χ0) is 23.0. The topological polar surface area (TPSA) is 75.7 Å². The highest BCUT2D eigenvalue weighted by molar-refractivity contribution is 7.92. The van der Waals surface area contributed by atoms with Gasteiger partial charge in [0.15, 0.2) is 0 Å². The van der Waals surface area contributed by atoms with E-state index < -0.39 is 16.1 Å². The second-order valence-electron chi connectivity index (χ2n) is 8.03. The number of carbonyl (C=O) groups excluding carboxylic acids is 1. The zero-order valence-electron chi connectivity index (χ0n) is 19.1. The predicted molar refractivity (Wildman–Crippen MR) is 126 cm³/mol. The molecule has 0 aliphatic rings. The average Bonchev–Trinajstić information content (AvgIpc) is 2.68. The summed E-state index contributed by atoms with van der Waals surface area (Å²) < 4.78 is 32.0. The number of rotatable bonds is 11. The lowest BCUT2D eigenvalue weighted by Gasteiger charge is -2.30. The zero-order valence-corrected chi connectivity index (χ0v) is 19.9. The molecule has 2 aromatic carbocycles. The molecule has 6 nitrogen and oxygen atoms in total. The van der Waals surface area contributed by atoms with E-state index in [9.17, 15) is 13.2 Å². The van der Waals surface area contributed by atoms with E-state index >= 15 is 0 Å². The van der Waals surface area contributed by atoms with Crippen molar-refractivity contribution in [3.63, 3.8) is 0 Å². The van der Waals surface area contributed by atoms with Gasteiger partial charge in [-0.05, 0) is 75.4 Å². The van der Waals surface area contributed by atoms with Gasteiger partial charge in [-0.25, -0.2) is 8.42 Å². The van der Waals surface area contributed by atoms with Crippen LogP contribution in [-0.2, 0) is 21.2 Å². The second-order valence-corrected chi connectivity index (χ2v) is 9.89. The summed E-state index contributed by atoms with van der Waals surface area (Å²) in [6, 6.07) is 14.3. The van der Waals surface area contributed by atoms with Gasteiger partial charge >= 0.3 is 0 Å². The Morgan fingerprint density at radius 1 is 1.13 bits per heavy atom. The third kappa shape index (κ3) is 7.58. The van der Waals surface area contributed by atoms with Crippen molar-refractivity contribution in [2.75, 3.05) is 17.1 Å². The SMILES string of the molecule is CC[C@H](C(=O)NCCCc1cccc(OC(C)C)c1)N(c1cccc(C)c1)S(C)(=O)=O. The first-order valence-electron chi connectivity index (χ1n) is 10.7. The average molecular weight is 447 g/mol. The first-order valence-corrected chi connectivity index (χ1v) is 12.6. The molecule has 1 atom stereocenters. The van der Waals surface area contributed by atoms with Gasteiger partial charge in [0.05, 0.1) is 18.0 Å². The third-order valence-corrected chi connectivity index (χ3v) is 5.98. The lowest BCUT2D eigenvalue weighted by atomic mass is 10.1. The number of anilines is 1. The van der Waals surface area contributed by atoms with Crippen molar-refractivity contribution >= 4 is 21.6 Å². The number of hydrogen-bond acceptors (Lipinski definition) is 4. The molecule has 0 unspecified atom stereocenters. The van der Waals surface area contributed by atoms with E-state index in [1.807, 2.05) is 58.0 Å². The highest BCUT2D eigenvalue weighted by atomic mass is 32.2. The highest BCUT2D eigenvalue weighted by Crippen LogP contribution is 2.23. The summed E-state index contributed by atoms with van der Waals surface area (Å²) in [5.41, 5.74) is 2.58. The van der Waals surface area contributed by atoms with Crippen molar-refractivity contribution in [2.24, 2.45) is 0 Å². The standard InChI is InChI=1S/C24H34N2O4S/c1-6-23(26(31(5,28)29)21-13-7-10-19(4)16-21)24(27)25-15-9-12-20-11-8-14-22(17-20)30-18(2)3/h7-8,10-11,13-14,16-18,23H,6,9,12,15H2,1-5H3,(H,25,27)/t23-/m1/s1. The van der Waals surface area contributed by atoms with Crippen LogP contribution in [0.25, 0.3) is 0 Å². The maximum absolute atomic E-state index is 12.9. The molecule has 0 bridgehead atoms. The van der Waals surface area contributed by atoms with Crippen LogP contribution in [0.3, 0.4) is 0 Å². The fraction of sp³-hybridized carbons (Fsp3) is 0.458. The van der Waals surface area contributed by atoms with Crippen LogP contribution in [0.15, 0.2) is 48.5 Å². The van der Waals surface area contributed by atoms with Gasteiger partial charge in [-0.3, -0.25) is 9.10 Å². The van der Waals surface area contributed by atoms with Crippen molar-refractivity contribution < 1.29 is 17.9 Å². The van der Waals surface area contributed by atoms with Crippen LogP contribution in [0.2, 0.25) is 0 Å². The van der Waals surface area contributed by atoms with Gasteiger partial charge in [0.25, 0.3) is 0 Å². The molecule has 0 aliphatic carbocycles. The van der Waals surface area contributed by atoms with Gasteiger partial charge in [-0.1, -0.05) is 31.2 Å². The number of sulfonamides is 1. The monoisotopic (exact) mass is 446 g/mol. The van der Waals surface area contributed by atoms with E-state index in [1.54, 1.807) is 18.2 Å². The van der Waals surface area contributed by atoms with E-state index in [2.05, 4.69) is 5.32 Å². The Kier molecular flexibility index (Phi) is 8.92. The first kappa shape index (κ1) is 24.7.